The Hall–Kier alpha value is -5.06. The molecule has 0 aliphatic rings. The fourth-order valence-corrected chi connectivity index (χ4v) is 4.74. The van der Waals surface area contributed by atoms with Crippen molar-refractivity contribution < 1.29 is 23.9 Å². The number of hydrogen-bond donors (Lipinski definition) is 2. The van der Waals surface area contributed by atoms with E-state index in [2.05, 4.69) is 26.0 Å². The molecule has 2 N–H and O–H groups in total. The van der Waals surface area contributed by atoms with Crippen molar-refractivity contribution in [1.82, 2.24) is 30.8 Å². The van der Waals surface area contributed by atoms with E-state index >= 15 is 0 Å². The molecule has 0 aliphatic heterocycles. The van der Waals surface area contributed by atoms with Crippen LogP contribution in [0.25, 0.3) is 11.4 Å². The molecule has 0 fully saturated rings. The fraction of sp³-hybridized carbons (Fsp3) is 0.371. The lowest BCUT2D eigenvalue weighted by Crippen LogP contribution is -2.52. The van der Waals surface area contributed by atoms with Crippen molar-refractivity contribution in [3.05, 3.63) is 96.1 Å². The number of Topliss-reactive ketones (excluding diaryl/α,β-unsaturated/α-hetero) is 1. The van der Waals surface area contributed by atoms with E-state index in [1.165, 1.54) is 4.80 Å². The van der Waals surface area contributed by atoms with Crippen LogP contribution in [0.1, 0.15) is 51.7 Å². The van der Waals surface area contributed by atoms with E-state index in [0.717, 1.165) is 16.7 Å². The number of tetrazole rings is 1. The number of rotatable bonds is 16. The third-order valence-electron chi connectivity index (χ3n) is 7.05. The van der Waals surface area contributed by atoms with Crippen molar-refractivity contribution in [2.45, 2.75) is 72.4 Å². The number of carbonyl (C=O) groups excluding carboxylic acids is 3. The summed E-state index contributed by atoms with van der Waals surface area (Å²) in [5.74, 6) is 0.561. The molecule has 1 aromatic heterocycles. The zero-order valence-corrected chi connectivity index (χ0v) is 26.8. The molecule has 0 spiro atoms. The minimum Gasteiger partial charge on any atom is -0.489 e. The van der Waals surface area contributed by atoms with Gasteiger partial charge in [-0.15, -0.1) is 10.2 Å². The van der Waals surface area contributed by atoms with Crippen LogP contribution in [0.2, 0.25) is 0 Å². The van der Waals surface area contributed by atoms with Crippen LogP contribution in [0.3, 0.4) is 0 Å². The van der Waals surface area contributed by atoms with Gasteiger partial charge in [-0.3, -0.25) is 9.59 Å². The average Bonchev–Trinajstić information content (AvgIpc) is 3.51. The Morgan fingerprint density at radius 1 is 0.739 bits per heavy atom. The Balaban J connectivity index is 1.35. The van der Waals surface area contributed by atoms with E-state index in [4.69, 9.17) is 9.47 Å². The first-order valence-corrected chi connectivity index (χ1v) is 15.5. The lowest BCUT2D eigenvalue weighted by atomic mass is 9.98. The molecule has 1 heterocycles. The zero-order chi connectivity index (χ0) is 32.9. The van der Waals surface area contributed by atoms with E-state index in [-0.39, 0.29) is 30.8 Å². The number of ether oxygens (including phenoxy) is 2. The van der Waals surface area contributed by atoms with Gasteiger partial charge in [0.1, 0.15) is 31.5 Å². The monoisotopic (exact) mass is 626 g/mol. The van der Waals surface area contributed by atoms with Gasteiger partial charge in [-0.05, 0) is 65.3 Å². The Morgan fingerprint density at radius 2 is 1.33 bits per heavy atom. The van der Waals surface area contributed by atoms with Gasteiger partial charge in [-0.25, -0.2) is 4.79 Å². The van der Waals surface area contributed by atoms with Crippen LogP contribution >= 0.6 is 0 Å². The number of carbonyl (C=O) groups is 3. The van der Waals surface area contributed by atoms with Gasteiger partial charge in [-0.1, -0.05) is 88.4 Å². The smallest absolute Gasteiger partial charge is 0.408 e. The molecule has 0 saturated heterocycles. The van der Waals surface area contributed by atoms with Crippen molar-refractivity contribution >= 4 is 17.8 Å². The highest BCUT2D eigenvalue weighted by Crippen LogP contribution is 2.20. The van der Waals surface area contributed by atoms with Gasteiger partial charge in [0.25, 0.3) is 0 Å². The molecule has 46 heavy (non-hydrogen) atoms. The topological polar surface area (TPSA) is 137 Å². The van der Waals surface area contributed by atoms with Crippen LogP contribution in [0, 0.1) is 11.8 Å². The van der Waals surface area contributed by atoms with Gasteiger partial charge in [-0.2, -0.15) is 4.80 Å². The predicted molar refractivity (Wildman–Crippen MR) is 173 cm³/mol. The van der Waals surface area contributed by atoms with E-state index in [1.807, 2.05) is 113 Å². The summed E-state index contributed by atoms with van der Waals surface area (Å²) in [6, 6.07) is 24.8. The second-order valence-electron chi connectivity index (χ2n) is 12.0. The first kappa shape index (κ1) is 33.8. The van der Waals surface area contributed by atoms with Gasteiger partial charge in [0.05, 0.1) is 6.04 Å². The first-order chi connectivity index (χ1) is 22.2. The maximum atomic E-state index is 13.4. The molecule has 2 amide bonds. The second-order valence-corrected chi connectivity index (χ2v) is 12.0. The number of hydrogen-bond acceptors (Lipinski definition) is 8. The lowest BCUT2D eigenvalue weighted by Gasteiger charge is -2.24. The molecule has 11 nitrogen and oxygen atoms in total. The zero-order valence-electron chi connectivity index (χ0n) is 26.8. The summed E-state index contributed by atoms with van der Waals surface area (Å²) in [7, 11) is 0. The lowest BCUT2D eigenvalue weighted by molar-refractivity contribution is -0.130. The van der Waals surface area contributed by atoms with E-state index < -0.39 is 24.1 Å². The van der Waals surface area contributed by atoms with E-state index in [0.29, 0.717) is 31.0 Å². The van der Waals surface area contributed by atoms with E-state index in [1.54, 1.807) is 0 Å². The summed E-state index contributed by atoms with van der Waals surface area (Å²) in [4.78, 5) is 40.6. The molecule has 11 heteroatoms. The Labute approximate surface area is 269 Å². The van der Waals surface area contributed by atoms with Crippen LogP contribution in [0.15, 0.2) is 84.9 Å². The summed E-state index contributed by atoms with van der Waals surface area (Å²) in [6.07, 6.45) is 0.0778. The third-order valence-corrected chi connectivity index (χ3v) is 7.05. The standard InChI is InChI=1S/C35H42N6O5/c1-24(2)19-30(36-34(43)31(20-25(3)4)37-35(44)46-23-27-13-9-6-10-14-27)32(42)21-41-39-33(38-40-41)28-15-17-29(18-16-28)45-22-26-11-7-5-8-12-26/h5-18,24-25,30-31H,19-23H2,1-4H3,(H,36,43)(H,37,44)/t30-,31-/m0/s1. The first-order valence-electron chi connectivity index (χ1n) is 15.5. The number of aromatic nitrogens is 4. The fourth-order valence-electron chi connectivity index (χ4n) is 4.74. The van der Waals surface area contributed by atoms with Gasteiger partial charge < -0.3 is 20.1 Å². The second kappa shape index (κ2) is 16.9. The van der Waals surface area contributed by atoms with Gasteiger partial charge in [0.15, 0.2) is 5.78 Å². The highest BCUT2D eigenvalue weighted by atomic mass is 16.5. The number of alkyl carbamates (subject to hydrolysis) is 1. The highest BCUT2D eigenvalue weighted by Gasteiger charge is 2.29. The quantitative estimate of drug-likeness (QED) is 0.170. The Morgan fingerprint density at radius 3 is 1.93 bits per heavy atom. The number of amides is 2. The Bertz CT molecular complexity index is 1540. The molecule has 0 aliphatic carbocycles. The van der Waals surface area contributed by atoms with Crippen molar-refractivity contribution in [1.29, 1.82) is 0 Å². The summed E-state index contributed by atoms with van der Waals surface area (Å²) < 4.78 is 11.2. The summed E-state index contributed by atoms with van der Waals surface area (Å²) in [5.41, 5.74) is 2.63. The Kier molecular flexibility index (Phi) is 12.4. The number of nitrogens with zero attached hydrogens (tertiary/aromatic N) is 4. The van der Waals surface area contributed by atoms with Crippen molar-refractivity contribution in [2.75, 3.05) is 0 Å². The minimum absolute atomic E-state index is 0.0796. The molecule has 4 aromatic rings. The van der Waals surface area contributed by atoms with Crippen LogP contribution in [-0.4, -0.2) is 50.1 Å². The number of nitrogens with one attached hydrogen (secondary N) is 2. The molecular formula is C35H42N6O5. The normalized spacial score (nSPS) is 12.4. The van der Waals surface area contributed by atoms with Crippen LogP contribution in [-0.2, 0) is 34.1 Å². The van der Waals surface area contributed by atoms with Crippen molar-refractivity contribution in [3.63, 3.8) is 0 Å². The highest BCUT2D eigenvalue weighted by molar-refractivity contribution is 5.92. The molecule has 4 rings (SSSR count). The molecular weight excluding hydrogens is 584 g/mol. The van der Waals surface area contributed by atoms with Gasteiger partial charge >= 0.3 is 6.09 Å². The maximum Gasteiger partial charge on any atom is 0.408 e. The molecule has 0 unspecified atom stereocenters. The third kappa shape index (κ3) is 10.8. The van der Waals surface area contributed by atoms with E-state index in [9.17, 15) is 14.4 Å². The maximum absolute atomic E-state index is 13.4. The van der Waals surface area contributed by atoms with Gasteiger partial charge in [0.2, 0.25) is 11.7 Å². The predicted octanol–water partition coefficient (Wildman–Crippen LogP) is 5.36. The number of ketones is 1. The molecule has 0 bridgehead atoms. The van der Waals surface area contributed by atoms with Crippen molar-refractivity contribution in [2.24, 2.45) is 11.8 Å². The molecule has 2 atom stereocenters. The average molecular weight is 627 g/mol. The molecule has 242 valence electrons. The summed E-state index contributed by atoms with van der Waals surface area (Å²) in [5, 5.41) is 18.1. The summed E-state index contributed by atoms with van der Waals surface area (Å²) in [6.45, 7) is 8.20. The molecule has 0 saturated carbocycles. The van der Waals surface area contributed by atoms with Crippen LogP contribution < -0.4 is 15.4 Å². The van der Waals surface area contributed by atoms with Gasteiger partial charge in [0, 0.05) is 5.56 Å². The molecule has 3 aromatic carbocycles. The van der Waals surface area contributed by atoms with Crippen LogP contribution in [0.5, 0.6) is 5.75 Å². The SMILES string of the molecule is CC(C)C[C@H](NC(=O)[C@H](CC(C)C)NC(=O)OCc1ccccc1)C(=O)Cn1nnc(-c2ccc(OCc3ccccc3)cc2)n1. The number of benzene rings is 3. The van der Waals surface area contributed by atoms with Crippen molar-refractivity contribution in [3.8, 4) is 17.1 Å². The minimum atomic E-state index is -0.874. The summed E-state index contributed by atoms with van der Waals surface area (Å²) >= 11 is 0. The van der Waals surface area contributed by atoms with Crippen LogP contribution in [0.4, 0.5) is 4.79 Å². The molecule has 0 radical (unpaired) electrons. The largest absolute Gasteiger partial charge is 0.489 e.